The summed E-state index contributed by atoms with van der Waals surface area (Å²) in [5, 5.41) is 8.98. The van der Waals surface area contributed by atoms with Crippen molar-refractivity contribution in [2.75, 3.05) is 6.61 Å². The van der Waals surface area contributed by atoms with Crippen LogP contribution in [0.25, 0.3) is 16.9 Å². The van der Waals surface area contributed by atoms with E-state index in [-0.39, 0.29) is 18.7 Å². The summed E-state index contributed by atoms with van der Waals surface area (Å²) in [6.45, 7) is 4.98. The number of aliphatic hydroxyl groups excluding tert-OH is 1. The number of aryl methyl sites for hydroxylation is 3. The molecule has 8 nitrogen and oxygen atoms in total. The van der Waals surface area contributed by atoms with Gasteiger partial charge in [0.15, 0.2) is 11.2 Å². The molecule has 0 amide bonds. The fourth-order valence-electron chi connectivity index (χ4n) is 2.98. The molecule has 8 heteroatoms. The van der Waals surface area contributed by atoms with Crippen molar-refractivity contribution < 1.29 is 5.11 Å². The quantitative estimate of drug-likeness (QED) is 0.730. The number of aromatic nitrogens is 5. The maximum absolute atomic E-state index is 12.8. The number of nitrogens with zero attached hydrogens (tertiary/aromatic N) is 5. The molecule has 0 radical (unpaired) electrons. The van der Waals surface area contributed by atoms with Gasteiger partial charge in [-0.2, -0.15) is 4.98 Å². The largest absolute Gasteiger partial charge is 0.396 e. The standard InChI is InChI=1S/C15H21N5O3/c1-4-6-18-10(2)9-20-11-12(16-14(18)20)17(3)15(23)19(13(11)22)7-5-8-21/h9,21H,4-8H2,1-3H3. The molecule has 0 aromatic carbocycles. The van der Waals surface area contributed by atoms with Crippen molar-refractivity contribution in [3.8, 4) is 0 Å². The molecule has 0 aliphatic rings. The minimum absolute atomic E-state index is 0.0680. The van der Waals surface area contributed by atoms with Gasteiger partial charge in [-0.15, -0.1) is 0 Å². The number of hydrogen-bond acceptors (Lipinski definition) is 4. The molecule has 23 heavy (non-hydrogen) atoms. The highest BCUT2D eigenvalue weighted by molar-refractivity contribution is 5.75. The Balaban J connectivity index is 2.40. The first-order valence-corrected chi connectivity index (χ1v) is 7.79. The van der Waals surface area contributed by atoms with Crippen LogP contribution >= 0.6 is 0 Å². The molecule has 0 aliphatic carbocycles. The SMILES string of the molecule is CCCn1c(C)cn2c3c(=O)n(CCCO)c(=O)n(C)c3nc12. The zero-order valence-corrected chi connectivity index (χ0v) is 13.6. The van der Waals surface area contributed by atoms with Crippen molar-refractivity contribution in [1.82, 2.24) is 23.1 Å². The molecule has 3 aromatic rings. The molecule has 3 aromatic heterocycles. The lowest BCUT2D eigenvalue weighted by atomic mass is 10.4. The maximum atomic E-state index is 12.8. The van der Waals surface area contributed by atoms with E-state index in [0.29, 0.717) is 23.4 Å². The van der Waals surface area contributed by atoms with Crippen molar-refractivity contribution in [3.63, 3.8) is 0 Å². The van der Waals surface area contributed by atoms with Gasteiger partial charge in [0, 0.05) is 38.6 Å². The first kappa shape index (κ1) is 15.5. The van der Waals surface area contributed by atoms with E-state index < -0.39 is 5.69 Å². The lowest BCUT2D eigenvalue weighted by Crippen LogP contribution is -2.39. The Morgan fingerprint density at radius 2 is 1.96 bits per heavy atom. The molecule has 0 aliphatic heterocycles. The summed E-state index contributed by atoms with van der Waals surface area (Å²) in [5.41, 5.74) is 1.04. The monoisotopic (exact) mass is 319 g/mol. The first-order chi connectivity index (χ1) is 11.0. The van der Waals surface area contributed by atoms with Gasteiger partial charge in [0.25, 0.3) is 5.56 Å². The lowest BCUT2D eigenvalue weighted by Gasteiger charge is -2.06. The second-order valence-corrected chi connectivity index (χ2v) is 5.75. The second kappa shape index (κ2) is 5.69. The average Bonchev–Trinajstić information content (AvgIpc) is 3.02. The molecule has 0 atom stereocenters. The second-order valence-electron chi connectivity index (χ2n) is 5.75. The van der Waals surface area contributed by atoms with E-state index in [9.17, 15) is 9.59 Å². The third kappa shape index (κ3) is 2.21. The fourth-order valence-corrected chi connectivity index (χ4v) is 2.98. The number of fused-ring (bicyclic) bond motifs is 3. The normalized spacial score (nSPS) is 11.8. The van der Waals surface area contributed by atoms with Crippen molar-refractivity contribution in [2.24, 2.45) is 7.05 Å². The summed E-state index contributed by atoms with van der Waals surface area (Å²) in [6, 6.07) is 0. The molecule has 0 saturated carbocycles. The van der Waals surface area contributed by atoms with Crippen LogP contribution < -0.4 is 11.2 Å². The molecule has 3 rings (SSSR count). The Labute approximate surface area is 132 Å². The van der Waals surface area contributed by atoms with E-state index in [4.69, 9.17) is 5.11 Å². The van der Waals surface area contributed by atoms with E-state index >= 15 is 0 Å². The van der Waals surface area contributed by atoms with Gasteiger partial charge in [0.1, 0.15) is 0 Å². The lowest BCUT2D eigenvalue weighted by molar-refractivity contribution is 0.277. The van der Waals surface area contributed by atoms with Crippen molar-refractivity contribution >= 4 is 16.9 Å². The smallest absolute Gasteiger partial charge is 0.332 e. The highest BCUT2D eigenvalue weighted by Gasteiger charge is 2.19. The molecule has 1 N–H and O–H groups in total. The van der Waals surface area contributed by atoms with E-state index in [2.05, 4.69) is 11.9 Å². The van der Waals surface area contributed by atoms with Gasteiger partial charge in [-0.3, -0.25) is 18.3 Å². The van der Waals surface area contributed by atoms with Crippen LogP contribution in [-0.2, 0) is 20.1 Å². The predicted molar refractivity (Wildman–Crippen MR) is 86.9 cm³/mol. The van der Waals surface area contributed by atoms with Crippen LogP contribution in [0.3, 0.4) is 0 Å². The Bertz CT molecular complexity index is 989. The number of aliphatic hydroxyl groups is 1. The molecule has 0 fully saturated rings. The van der Waals surface area contributed by atoms with Gasteiger partial charge in [0.05, 0.1) is 0 Å². The summed E-state index contributed by atoms with van der Waals surface area (Å²) in [6.07, 6.45) is 3.19. The zero-order valence-electron chi connectivity index (χ0n) is 13.6. The fraction of sp³-hybridized carbons (Fsp3) is 0.533. The third-order valence-electron chi connectivity index (χ3n) is 4.13. The molecule has 124 valence electrons. The number of imidazole rings is 2. The van der Waals surface area contributed by atoms with Gasteiger partial charge in [-0.1, -0.05) is 6.92 Å². The summed E-state index contributed by atoms with van der Waals surface area (Å²) in [4.78, 5) is 29.7. The van der Waals surface area contributed by atoms with Crippen molar-refractivity contribution in [2.45, 2.75) is 39.8 Å². The Hall–Kier alpha value is -2.35. The Morgan fingerprint density at radius 3 is 2.61 bits per heavy atom. The van der Waals surface area contributed by atoms with Gasteiger partial charge in [-0.25, -0.2) is 4.79 Å². The minimum Gasteiger partial charge on any atom is -0.396 e. The minimum atomic E-state index is -0.407. The van der Waals surface area contributed by atoms with Crippen molar-refractivity contribution in [3.05, 3.63) is 32.7 Å². The van der Waals surface area contributed by atoms with Crippen LogP contribution in [0.4, 0.5) is 0 Å². The molecular formula is C15H21N5O3. The van der Waals surface area contributed by atoms with Crippen LogP contribution in [0.2, 0.25) is 0 Å². The molecule has 0 bridgehead atoms. The van der Waals surface area contributed by atoms with Crippen LogP contribution in [0.1, 0.15) is 25.5 Å². The molecule has 0 spiro atoms. The van der Waals surface area contributed by atoms with E-state index in [0.717, 1.165) is 18.7 Å². The van der Waals surface area contributed by atoms with Crippen LogP contribution in [0, 0.1) is 6.92 Å². The van der Waals surface area contributed by atoms with Gasteiger partial charge in [0.2, 0.25) is 5.78 Å². The zero-order chi connectivity index (χ0) is 16.7. The van der Waals surface area contributed by atoms with Gasteiger partial charge in [-0.05, 0) is 19.8 Å². The van der Waals surface area contributed by atoms with E-state index in [1.165, 1.54) is 9.13 Å². The van der Waals surface area contributed by atoms with E-state index in [1.807, 2.05) is 17.7 Å². The summed E-state index contributed by atoms with van der Waals surface area (Å²) < 4.78 is 6.37. The highest BCUT2D eigenvalue weighted by atomic mass is 16.3. The maximum Gasteiger partial charge on any atom is 0.332 e. The molecule has 3 heterocycles. The average molecular weight is 319 g/mol. The Kier molecular flexibility index (Phi) is 3.85. The van der Waals surface area contributed by atoms with Crippen LogP contribution in [0.5, 0.6) is 0 Å². The molecule has 0 saturated heterocycles. The summed E-state index contributed by atoms with van der Waals surface area (Å²) in [7, 11) is 1.61. The first-order valence-electron chi connectivity index (χ1n) is 7.79. The predicted octanol–water partition coefficient (Wildman–Crippen LogP) is 0.250. The third-order valence-corrected chi connectivity index (χ3v) is 4.13. The summed E-state index contributed by atoms with van der Waals surface area (Å²) in [5.74, 6) is 0.673. The molecular weight excluding hydrogens is 298 g/mol. The van der Waals surface area contributed by atoms with Crippen LogP contribution in [0.15, 0.2) is 15.8 Å². The van der Waals surface area contributed by atoms with Gasteiger partial charge >= 0.3 is 5.69 Å². The highest BCUT2D eigenvalue weighted by Crippen LogP contribution is 2.16. The molecule has 0 unspecified atom stereocenters. The van der Waals surface area contributed by atoms with Crippen LogP contribution in [-0.4, -0.2) is 34.8 Å². The topological polar surface area (TPSA) is 86.5 Å². The van der Waals surface area contributed by atoms with E-state index in [1.54, 1.807) is 11.4 Å². The Morgan fingerprint density at radius 1 is 1.22 bits per heavy atom. The van der Waals surface area contributed by atoms with Crippen molar-refractivity contribution in [1.29, 1.82) is 0 Å². The number of hydrogen-bond donors (Lipinski definition) is 1. The number of rotatable bonds is 5. The van der Waals surface area contributed by atoms with Gasteiger partial charge < -0.3 is 9.67 Å². The summed E-state index contributed by atoms with van der Waals surface area (Å²) >= 11 is 0.